The summed E-state index contributed by atoms with van der Waals surface area (Å²) in [5.41, 5.74) is 0.275. The summed E-state index contributed by atoms with van der Waals surface area (Å²) in [5.74, 6) is -1.86. The maximum atomic E-state index is 12.7. The molecule has 7 nitrogen and oxygen atoms in total. The van der Waals surface area contributed by atoms with E-state index in [2.05, 4.69) is 0 Å². The number of carbonyl (C=O) groups is 3. The van der Waals surface area contributed by atoms with Gasteiger partial charge in [0, 0.05) is 25.1 Å². The highest BCUT2D eigenvalue weighted by molar-refractivity contribution is 7.91. The number of carbonyl (C=O) groups excluding carboxylic acids is 3. The van der Waals surface area contributed by atoms with Crippen molar-refractivity contribution in [2.75, 3.05) is 24.6 Å². The molecule has 134 valence electrons. The number of benzene rings is 1. The van der Waals surface area contributed by atoms with Crippen molar-refractivity contribution in [3.63, 3.8) is 0 Å². The van der Waals surface area contributed by atoms with E-state index in [4.69, 9.17) is 0 Å². The Morgan fingerprint density at radius 1 is 1.00 bits per heavy atom. The number of nitrogens with zero attached hydrogens (tertiary/aromatic N) is 2. The number of amides is 2. The van der Waals surface area contributed by atoms with E-state index in [9.17, 15) is 22.8 Å². The van der Waals surface area contributed by atoms with Crippen LogP contribution in [-0.2, 0) is 19.4 Å². The third kappa shape index (κ3) is 3.30. The van der Waals surface area contributed by atoms with Gasteiger partial charge in [0.05, 0.1) is 23.6 Å². The molecule has 2 saturated heterocycles. The Morgan fingerprint density at radius 2 is 1.56 bits per heavy atom. The molecule has 0 saturated carbocycles. The van der Waals surface area contributed by atoms with E-state index in [0.29, 0.717) is 0 Å². The van der Waals surface area contributed by atoms with Crippen molar-refractivity contribution in [2.24, 2.45) is 0 Å². The Kier molecular flexibility index (Phi) is 4.64. The Bertz CT molecular complexity index is 806. The molecule has 25 heavy (non-hydrogen) atoms. The average molecular weight is 364 g/mol. The van der Waals surface area contributed by atoms with Gasteiger partial charge in [-0.1, -0.05) is 37.3 Å². The van der Waals surface area contributed by atoms with Crippen LogP contribution in [-0.4, -0.2) is 72.5 Å². The molecule has 0 aliphatic carbocycles. The first-order valence-electron chi connectivity index (χ1n) is 8.24. The maximum Gasteiger partial charge on any atom is 0.295 e. The van der Waals surface area contributed by atoms with Gasteiger partial charge >= 0.3 is 0 Å². The lowest BCUT2D eigenvalue weighted by atomic mass is 10.0. The van der Waals surface area contributed by atoms with E-state index >= 15 is 0 Å². The topological polar surface area (TPSA) is 91.8 Å². The van der Waals surface area contributed by atoms with Crippen LogP contribution in [0.3, 0.4) is 0 Å². The van der Waals surface area contributed by atoms with Crippen LogP contribution in [0.1, 0.15) is 23.7 Å². The minimum Gasteiger partial charge on any atom is -0.335 e. The lowest BCUT2D eigenvalue weighted by molar-refractivity contribution is -0.142. The highest BCUT2D eigenvalue weighted by atomic mass is 32.2. The molecule has 2 atom stereocenters. The zero-order valence-corrected chi connectivity index (χ0v) is 14.7. The standard InChI is InChI=1S/C17H20N2O5S/c1-2-15(20)18-8-9-19(14-11-25(23,24)10-13(14)18)17(22)16(21)12-6-4-3-5-7-12/h3-7,13-14H,2,8-11H2,1H3/t13-,14+/m1/s1. The number of rotatable bonds is 3. The van der Waals surface area contributed by atoms with E-state index in [1.165, 1.54) is 4.90 Å². The number of Topliss-reactive ketones (excluding diaryl/α,β-unsaturated/α-hetero) is 1. The van der Waals surface area contributed by atoms with Crippen LogP contribution in [0.15, 0.2) is 30.3 Å². The van der Waals surface area contributed by atoms with Crippen molar-refractivity contribution in [1.82, 2.24) is 9.80 Å². The van der Waals surface area contributed by atoms with Gasteiger partial charge in [0.25, 0.3) is 5.91 Å². The molecule has 0 unspecified atom stereocenters. The van der Waals surface area contributed by atoms with Gasteiger partial charge in [-0.25, -0.2) is 8.42 Å². The third-order valence-electron chi connectivity index (χ3n) is 4.79. The summed E-state index contributed by atoms with van der Waals surface area (Å²) in [5, 5.41) is 0. The van der Waals surface area contributed by atoms with E-state index in [1.54, 1.807) is 42.2 Å². The SMILES string of the molecule is CCC(=O)N1CCN(C(=O)C(=O)c2ccccc2)[C@H]2CS(=O)(=O)C[C@H]21. The van der Waals surface area contributed by atoms with Crippen molar-refractivity contribution in [1.29, 1.82) is 0 Å². The largest absolute Gasteiger partial charge is 0.335 e. The molecule has 2 aliphatic heterocycles. The van der Waals surface area contributed by atoms with E-state index < -0.39 is 33.6 Å². The Balaban J connectivity index is 1.87. The zero-order valence-electron chi connectivity index (χ0n) is 13.9. The molecule has 0 radical (unpaired) electrons. The van der Waals surface area contributed by atoms with Gasteiger partial charge in [-0.15, -0.1) is 0 Å². The average Bonchev–Trinajstić information content (AvgIpc) is 2.94. The number of hydrogen-bond donors (Lipinski definition) is 0. The summed E-state index contributed by atoms with van der Waals surface area (Å²) in [7, 11) is -3.36. The molecule has 2 fully saturated rings. The second-order valence-electron chi connectivity index (χ2n) is 6.35. The molecule has 3 rings (SSSR count). The molecule has 0 N–H and O–H groups in total. The first-order valence-corrected chi connectivity index (χ1v) is 10.1. The highest BCUT2D eigenvalue weighted by Crippen LogP contribution is 2.28. The van der Waals surface area contributed by atoms with E-state index in [0.717, 1.165) is 0 Å². The van der Waals surface area contributed by atoms with Crippen molar-refractivity contribution in [2.45, 2.75) is 25.4 Å². The first kappa shape index (κ1) is 17.6. The Morgan fingerprint density at radius 3 is 2.16 bits per heavy atom. The normalized spacial score (nSPS) is 24.7. The summed E-state index contributed by atoms with van der Waals surface area (Å²) < 4.78 is 24.2. The fourth-order valence-electron chi connectivity index (χ4n) is 3.56. The van der Waals surface area contributed by atoms with Gasteiger partial charge in [0.15, 0.2) is 9.84 Å². The monoisotopic (exact) mass is 364 g/mol. The molecule has 8 heteroatoms. The van der Waals surface area contributed by atoms with Crippen molar-refractivity contribution < 1.29 is 22.8 Å². The smallest absolute Gasteiger partial charge is 0.295 e. The quantitative estimate of drug-likeness (QED) is 0.561. The molecular weight excluding hydrogens is 344 g/mol. The number of fused-ring (bicyclic) bond motifs is 1. The van der Waals surface area contributed by atoms with Crippen LogP contribution in [0.2, 0.25) is 0 Å². The first-order chi connectivity index (χ1) is 11.8. The molecule has 1 aromatic rings. The molecule has 2 heterocycles. The third-order valence-corrected chi connectivity index (χ3v) is 6.49. The second kappa shape index (κ2) is 6.59. The number of ketones is 1. The molecule has 0 bridgehead atoms. The summed E-state index contributed by atoms with van der Waals surface area (Å²) in [6, 6.07) is 6.96. The fourth-order valence-corrected chi connectivity index (χ4v) is 5.54. The van der Waals surface area contributed by atoms with Crippen molar-refractivity contribution in [3.05, 3.63) is 35.9 Å². The number of hydrogen-bond acceptors (Lipinski definition) is 5. The van der Waals surface area contributed by atoms with Gasteiger partial charge in [0.1, 0.15) is 0 Å². The van der Waals surface area contributed by atoms with Crippen molar-refractivity contribution in [3.8, 4) is 0 Å². The van der Waals surface area contributed by atoms with Gasteiger partial charge in [-0.3, -0.25) is 14.4 Å². The molecular formula is C17H20N2O5S. The van der Waals surface area contributed by atoms with Gasteiger partial charge < -0.3 is 9.80 Å². The number of piperazine rings is 1. The lowest BCUT2D eigenvalue weighted by Crippen LogP contribution is -2.62. The molecule has 2 aliphatic rings. The highest BCUT2D eigenvalue weighted by Gasteiger charge is 2.49. The van der Waals surface area contributed by atoms with Crippen LogP contribution in [0.5, 0.6) is 0 Å². The maximum absolute atomic E-state index is 12.7. The summed E-state index contributed by atoms with van der Waals surface area (Å²) in [6.45, 7) is 2.13. The summed E-state index contributed by atoms with van der Waals surface area (Å²) >= 11 is 0. The van der Waals surface area contributed by atoms with Crippen LogP contribution in [0.4, 0.5) is 0 Å². The second-order valence-corrected chi connectivity index (χ2v) is 8.50. The Labute approximate surface area is 146 Å². The molecule has 1 aromatic carbocycles. The minimum atomic E-state index is -3.36. The minimum absolute atomic E-state index is 0.131. The van der Waals surface area contributed by atoms with Crippen LogP contribution in [0.25, 0.3) is 0 Å². The van der Waals surface area contributed by atoms with Crippen LogP contribution >= 0.6 is 0 Å². The predicted molar refractivity (Wildman–Crippen MR) is 90.7 cm³/mol. The predicted octanol–water partition coefficient (Wildman–Crippen LogP) is 0.116. The molecule has 0 spiro atoms. The van der Waals surface area contributed by atoms with E-state index in [-0.39, 0.29) is 42.5 Å². The van der Waals surface area contributed by atoms with Gasteiger partial charge in [-0.2, -0.15) is 0 Å². The zero-order chi connectivity index (χ0) is 18.2. The lowest BCUT2D eigenvalue weighted by Gasteiger charge is -2.43. The van der Waals surface area contributed by atoms with E-state index in [1.807, 2.05) is 0 Å². The summed E-state index contributed by atoms with van der Waals surface area (Å²) in [6.07, 6.45) is 0.278. The molecule has 2 amide bonds. The van der Waals surface area contributed by atoms with Crippen LogP contribution < -0.4 is 0 Å². The number of sulfone groups is 1. The van der Waals surface area contributed by atoms with Gasteiger partial charge in [0.2, 0.25) is 11.7 Å². The summed E-state index contributed by atoms with van der Waals surface area (Å²) in [4.78, 5) is 40.1. The van der Waals surface area contributed by atoms with Gasteiger partial charge in [-0.05, 0) is 0 Å². The molecule has 0 aromatic heterocycles. The van der Waals surface area contributed by atoms with Crippen LogP contribution in [0, 0.1) is 0 Å². The van der Waals surface area contributed by atoms with Crippen molar-refractivity contribution >= 4 is 27.4 Å². The Hall–Kier alpha value is -2.22. The fraction of sp³-hybridized carbons (Fsp3) is 0.471.